The van der Waals surface area contributed by atoms with Crippen LogP contribution in [0.2, 0.25) is 0 Å². The van der Waals surface area contributed by atoms with Gasteiger partial charge in [0, 0.05) is 20.2 Å². The van der Waals surface area contributed by atoms with Crippen LogP contribution in [0.1, 0.15) is 11.1 Å². The van der Waals surface area contributed by atoms with Crippen molar-refractivity contribution in [2.75, 3.05) is 5.32 Å². The molecule has 98 valence electrons. The van der Waals surface area contributed by atoms with Gasteiger partial charge in [0.25, 0.3) is 0 Å². The minimum atomic E-state index is 0.380. The minimum absolute atomic E-state index is 0.380. The Hall–Kier alpha value is -0.910. The summed E-state index contributed by atoms with van der Waals surface area (Å²) in [6.45, 7) is 2.03. The van der Waals surface area contributed by atoms with E-state index in [1.54, 1.807) is 0 Å². The van der Waals surface area contributed by atoms with Gasteiger partial charge in [0.15, 0.2) is 0 Å². The molecule has 0 radical (unpaired) electrons. The second-order valence-corrected chi connectivity index (χ2v) is 6.28. The fourth-order valence-electron chi connectivity index (χ4n) is 1.73. The molecule has 0 aliphatic carbocycles. The van der Waals surface area contributed by atoms with Gasteiger partial charge in [-0.2, -0.15) is 0 Å². The number of nitrogens with two attached hydrogens (primary N) is 1. The Morgan fingerprint density at radius 3 is 2.37 bits per heavy atom. The highest BCUT2D eigenvalue weighted by molar-refractivity contribution is 9.11. The summed E-state index contributed by atoms with van der Waals surface area (Å²) < 4.78 is 1.94. The highest BCUT2D eigenvalue weighted by Crippen LogP contribution is 2.34. The minimum Gasteiger partial charge on any atom is -0.389 e. The maximum Gasteiger partial charge on any atom is 0.106 e. The molecule has 19 heavy (non-hydrogen) atoms. The predicted octanol–water partition coefficient (Wildman–Crippen LogP) is 4.90. The van der Waals surface area contributed by atoms with Crippen LogP contribution >= 0.6 is 44.1 Å². The van der Waals surface area contributed by atoms with Gasteiger partial charge in [0.05, 0.1) is 5.69 Å². The number of anilines is 2. The number of rotatable bonds is 3. The SMILES string of the molecule is Cc1ccc(C(N)=S)c(Nc2c(Br)cccc2Br)c1. The van der Waals surface area contributed by atoms with E-state index in [0.29, 0.717) is 4.99 Å². The van der Waals surface area contributed by atoms with Crippen molar-refractivity contribution in [2.24, 2.45) is 5.73 Å². The van der Waals surface area contributed by atoms with Crippen LogP contribution in [0.4, 0.5) is 11.4 Å². The smallest absolute Gasteiger partial charge is 0.106 e. The average molecular weight is 400 g/mol. The van der Waals surface area contributed by atoms with E-state index in [0.717, 1.165) is 31.4 Å². The van der Waals surface area contributed by atoms with Crippen molar-refractivity contribution in [2.45, 2.75) is 6.92 Å². The van der Waals surface area contributed by atoms with Crippen molar-refractivity contribution in [3.63, 3.8) is 0 Å². The normalized spacial score (nSPS) is 10.3. The summed E-state index contributed by atoms with van der Waals surface area (Å²) in [6.07, 6.45) is 0. The van der Waals surface area contributed by atoms with E-state index in [1.807, 2.05) is 43.3 Å². The summed E-state index contributed by atoms with van der Waals surface area (Å²) >= 11 is 12.1. The van der Waals surface area contributed by atoms with Gasteiger partial charge in [-0.05, 0) is 68.6 Å². The van der Waals surface area contributed by atoms with Gasteiger partial charge < -0.3 is 11.1 Å². The summed E-state index contributed by atoms with van der Waals surface area (Å²) in [5.74, 6) is 0. The standard InChI is InChI=1S/C14H12Br2N2S/c1-8-5-6-9(14(17)19)12(7-8)18-13-10(15)3-2-4-11(13)16/h2-7,18H,1H3,(H2,17,19). The molecule has 0 unspecified atom stereocenters. The number of hydrogen-bond donors (Lipinski definition) is 2. The first-order valence-corrected chi connectivity index (χ1v) is 7.60. The van der Waals surface area contributed by atoms with Gasteiger partial charge in [-0.15, -0.1) is 0 Å². The second-order valence-electron chi connectivity index (χ2n) is 4.13. The van der Waals surface area contributed by atoms with Crippen molar-refractivity contribution in [1.82, 2.24) is 0 Å². The van der Waals surface area contributed by atoms with Crippen molar-refractivity contribution in [3.8, 4) is 0 Å². The molecule has 2 nitrogen and oxygen atoms in total. The van der Waals surface area contributed by atoms with Crippen LogP contribution in [-0.4, -0.2) is 4.99 Å². The quantitative estimate of drug-likeness (QED) is 0.721. The molecule has 0 aliphatic rings. The molecule has 0 aromatic heterocycles. The van der Waals surface area contributed by atoms with Gasteiger partial charge in [0.2, 0.25) is 0 Å². The Morgan fingerprint density at radius 2 is 1.79 bits per heavy atom. The van der Waals surface area contributed by atoms with Gasteiger partial charge >= 0.3 is 0 Å². The Bertz CT molecular complexity index is 621. The summed E-state index contributed by atoms with van der Waals surface area (Å²) in [5.41, 5.74) is 9.60. The summed E-state index contributed by atoms with van der Waals surface area (Å²) in [5, 5.41) is 3.37. The number of para-hydroxylation sites is 1. The van der Waals surface area contributed by atoms with Crippen molar-refractivity contribution < 1.29 is 0 Å². The van der Waals surface area contributed by atoms with E-state index in [2.05, 4.69) is 37.2 Å². The van der Waals surface area contributed by atoms with Crippen LogP contribution in [0, 0.1) is 6.92 Å². The topological polar surface area (TPSA) is 38.0 Å². The molecule has 0 saturated heterocycles. The monoisotopic (exact) mass is 398 g/mol. The van der Waals surface area contributed by atoms with E-state index in [9.17, 15) is 0 Å². The highest BCUT2D eigenvalue weighted by atomic mass is 79.9. The number of benzene rings is 2. The second kappa shape index (κ2) is 6.03. The van der Waals surface area contributed by atoms with E-state index in [1.165, 1.54) is 0 Å². The third kappa shape index (κ3) is 3.35. The fraction of sp³-hybridized carbons (Fsp3) is 0.0714. The first-order chi connectivity index (χ1) is 8.99. The Labute approximate surface area is 134 Å². The van der Waals surface area contributed by atoms with Crippen LogP contribution < -0.4 is 11.1 Å². The van der Waals surface area contributed by atoms with Crippen LogP contribution in [0.15, 0.2) is 45.3 Å². The third-order valence-electron chi connectivity index (χ3n) is 2.66. The van der Waals surface area contributed by atoms with E-state index >= 15 is 0 Å². The zero-order valence-electron chi connectivity index (χ0n) is 10.2. The lowest BCUT2D eigenvalue weighted by atomic mass is 10.1. The number of thiocarbonyl (C=S) groups is 1. The molecule has 0 aliphatic heterocycles. The van der Waals surface area contributed by atoms with Crippen molar-refractivity contribution in [3.05, 3.63) is 56.5 Å². The predicted molar refractivity (Wildman–Crippen MR) is 92.2 cm³/mol. The number of nitrogens with one attached hydrogen (secondary N) is 1. The molecule has 5 heteroatoms. The van der Waals surface area contributed by atoms with E-state index in [4.69, 9.17) is 18.0 Å². The van der Waals surface area contributed by atoms with E-state index in [-0.39, 0.29) is 0 Å². The average Bonchev–Trinajstić information content (AvgIpc) is 2.33. The molecule has 0 amide bonds. The van der Waals surface area contributed by atoms with Crippen LogP contribution in [0.5, 0.6) is 0 Å². The van der Waals surface area contributed by atoms with Gasteiger partial charge in [-0.3, -0.25) is 0 Å². The van der Waals surface area contributed by atoms with Gasteiger partial charge in [-0.25, -0.2) is 0 Å². The molecule has 3 N–H and O–H groups in total. The summed E-state index contributed by atoms with van der Waals surface area (Å²) in [6, 6.07) is 11.9. The lowest BCUT2D eigenvalue weighted by Crippen LogP contribution is -2.12. The molecule has 0 bridgehead atoms. The number of halogens is 2. The van der Waals surface area contributed by atoms with Crippen LogP contribution in [0.3, 0.4) is 0 Å². The molecule has 0 atom stereocenters. The maximum atomic E-state index is 5.76. The Morgan fingerprint density at radius 1 is 1.16 bits per heavy atom. The number of aryl methyl sites for hydroxylation is 1. The fourth-order valence-corrected chi connectivity index (χ4v) is 3.10. The number of hydrogen-bond acceptors (Lipinski definition) is 2. The highest BCUT2D eigenvalue weighted by Gasteiger charge is 2.09. The Balaban J connectivity index is 2.49. The third-order valence-corrected chi connectivity index (χ3v) is 4.20. The molecule has 2 aromatic carbocycles. The molecule has 0 saturated carbocycles. The van der Waals surface area contributed by atoms with Crippen molar-refractivity contribution in [1.29, 1.82) is 0 Å². The van der Waals surface area contributed by atoms with Gasteiger partial charge in [0.1, 0.15) is 4.99 Å². The molecule has 2 aromatic rings. The Kier molecular flexibility index (Phi) is 4.60. The molecule has 0 heterocycles. The molecular formula is C14H12Br2N2S. The van der Waals surface area contributed by atoms with Crippen molar-refractivity contribution >= 4 is 60.4 Å². The first kappa shape index (κ1) is 14.5. The maximum absolute atomic E-state index is 5.76. The van der Waals surface area contributed by atoms with Gasteiger partial charge in [-0.1, -0.05) is 24.4 Å². The molecule has 2 rings (SSSR count). The lowest BCUT2D eigenvalue weighted by molar-refractivity contribution is 1.42. The summed E-state index contributed by atoms with van der Waals surface area (Å²) in [4.78, 5) is 0.380. The van der Waals surface area contributed by atoms with Crippen LogP contribution in [0.25, 0.3) is 0 Å². The zero-order chi connectivity index (χ0) is 14.0. The summed E-state index contributed by atoms with van der Waals surface area (Å²) in [7, 11) is 0. The van der Waals surface area contributed by atoms with Crippen LogP contribution in [-0.2, 0) is 0 Å². The molecule has 0 spiro atoms. The zero-order valence-corrected chi connectivity index (χ0v) is 14.2. The largest absolute Gasteiger partial charge is 0.389 e. The lowest BCUT2D eigenvalue weighted by Gasteiger charge is -2.14. The van der Waals surface area contributed by atoms with E-state index < -0.39 is 0 Å². The first-order valence-electron chi connectivity index (χ1n) is 5.60. The molecule has 0 fully saturated rings. The molecular weight excluding hydrogens is 388 g/mol.